The zero-order chi connectivity index (χ0) is 13.2. The van der Waals surface area contributed by atoms with Gasteiger partial charge in [0.25, 0.3) is 0 Å². The minimum atomic E-state index is 0.300. The van der Waals surface area contributed by atoms with Crippen molar-refractivity contribution >= 4 is 22.5 Å². The van der Waals surface area contributed by atoms with E-state index in [0.29, 0.717) is 16.6 Å². The number of fused-ring (bicyclic) bond motifs is 1. The van der Waals surface area contributed by atoms with E-state index in [1.54, 1.807) is 13.3 Å². The molecule has 0 bridgehead atoms. The summed E-state index contributed by atoms with van der Waals surface area (Å²) in [5, 5.41) is 1.37. The van der Waals surface area contributed by atoms with E-state index in [1.165, 1.54) is 6.33 Å². The predicted molar refractivity (Wildman–Crippen MR) is 74.3 cm³/mol. The Morgan fingerprint density at radius 2 is 2.00 bits per heavy atom. The Morgan fingerprint density at radius 1 is 1.11 bits per heavy atom. The summed E-state index contributed by atoms with van der Waals surface area (Å²) >= 11 is 6.01. The first-order chi connectivity index (χ1) is 9.29. The first kappa shape index (κ1) is 11.9. The second kappa shape index (κ2) is 4.82. The second-order valence-corrected chi connectivity index (χ2v) is 4.32. The van der Waals surface area contributed by atoms with Gasteiger partial charge < -0.3 is 4.74 Å². The van der Waals surface area contributed by atoms with Crippen LogP contribution in [0.3, 0.4) is 0 Å². The van der Waals surface area contributed by atoms with Gasteiger partial charge in [-0.15, -0.1) is 0 Å². The minimum Gasteiger partial charge on any atom is -0.491 e. The lowest BCUT2D eigenvalue weighted by atomic mass is 10.1. The van der Waals surface area contributed by atoms with E-state index < -0.39 is 0 Å². The number of methoxy groups -OCH3 is 1. The van der Waals surface area contributed by atoms with Gasteiger partial charge in [-0.05, 0) is 12.1 Å². The summed E-state index contributed by atoms with van der Waals surface area (Å²) in [4.78, 5) is 12.5. The number of hydrogen-bond donors (Lipinski definition) is 0. The molecule has 2 aromatic heterocycles. The lowest BCUT2D eigenvalue weighted by molar-refractivity contribution is 0.413. The zero-order valence-corrected chi connectivity index (χ0v) is 10.9. The van der Waals surface area contributed by atoms with Gasteiger partial charge in [0.05, 0.1) is 12.6 Å². The lowest BCUT2D eigenvalue weighted by Gasteiger charge is -2.08. The monoisotopic (exact) mass is 271 g/mol. The molecule has 4 nitrogen and oxygen atoms in total. The van der Waals surface area contributed by atoms with E-state index >= 15 is 0 Å². The molecule has 0 amide bonds. The fourth-order valence-electron chi connectivity index (χ4n) is 1.95. The van der Waals surface area contributed by atoms with Crippen LogP contribution in [-0.2, 0) is 0 Å². The lowest BCUT2D eigenvalue weighted by Crippen LogP contribution is -1.94. The van der Waals surface area contributed by atoms with Crippen LogP contribution in [0.5, 0.6) is 5.75 Å². The Labute approximate surface area is 115 Å². The fourth-order valence-corrected chi connectivity index (χ4v) is 2.16. The van der Waals surface area contributed by atoms with Gasteiger partial charge in [0.1, 0.15) is 12.0 Å². The molecule has 0 aliphatic carbocycles. The third-order valence-electron chi connectivity index (χ3n) is 2.84. The number of aromatic nitrogens is 3. The minimum absolute atomic E-state index is 0.300. The van der Waals surface area contributed by atoms with E-state index in [1.807, 2.05) is 30.3 Å². The van der Waals surface area contributed by atoms with Gasteiger partial charge in [-0.2, -0.15) is 0 Å². The van der Waals surface area contributed by atoms with Gasteiger partial charge in [-0.1, -0.05) is 29.8 Å². The van der Waals surface area contributed by atoms with Crippen LogP contribution in [0.2, 0.25) is 5.15 Å². The summed E-state index contributed by atoms with van der Waals surface area (Å²) in [6.07, 6.45) is 3.18. The molecule has 1 aromatic carbocycles. The average molecular weight is 272 g/mol. The Balaban J connectivity index is 2.22. The van der Waals surface area contributed by atoms with E-state index in [-0.39, 0.29) is 0 Å². The molecule has 0 atom stereocenters. The molecule has 0 fully saturated rings. The normalized spacial score (nSPS) is 10.6. The Hall–Kier alpha value is -2.20. The molecule has 19 heavy (non-hydrogen) atoms. The predicted octanol–water partition coefficient (Wildman–Crippen LogP) is 3.35. The van der Waals surface area contributed by atoms with Crippen molar-refractivity contribution in [2.24, 2.45) is 0 Å². The zero-order valence-electron chi connectivity index (χ0n) is 10.2. The van der Waals surface area contributed by atoms with Crippen LogP contribution < -0.4 is 4.74 Å². The van der Waals surface area contributed by atoms with Gasteiger partial charge in [0.2, 0.25) is 0 Å². The first-order valence-electron chi connectivity index (χ1n) is 5.69. The number of hydrogen-bond acceptors (Lipinski definition) is 4. The fraction of sp³-hybridized carbons (Fsp3) is 0.0714. The van der Waals surface area contributed by atoms with Crippen LogP contribution in [0, 0.1) is 0 Å². The molecular formula is C14H10ClN3O. The van der Waals surface area contributed by atoms with Crippen LogP contribution in [0.4, 0.5) is 0 Å². The molecule has 0 unspecified atom stereocenters. The number of pyridine rings is 1. The van der Waals surface area contributed by atoms with Crippen molar-refractivity contribution in [1.29, 1.82) is 0 Å². The number of nitrogens with zero attached hydrogens (tertiary/aromatic N) is 3. The summed E-state index contributed by atoms with van der Waals surface area (Å²) in [7, 11) is 1.55. The third-order valence-corrected chi connectivity index (χ3v) is 3.11. The topological polar surface area (TPSA) is 47.9 Å². The molecule has 3 rings (SSSR count). The van der Waals surface area contributed by atoms with Gasteiger partial charge in [0, 0.05) is 17.1 Å². The Morgan fingerprint density at radius 3 is 2.84 bits per heavy atom. The maximum absolute atomic E-state index is 6.01. The number of halogens is 1. The van der Waals surface area contributed by atoms with Crippen molar-refractivity contribution in [2.45, 2.75) is 0 Å². The van der Waals surface area contributed by atoms with Gasteiger partial charge in [-0.25, -0.2) is 9.97 Å². The summed E-state index contributed by atoms with van der Waals surface area (Å²) in [5.41, 5.74) is 2.46. The summed E-state index contributed by atoms with van der Waals surface area (Å²) in [5.74, 6) is 0.472. The third kappa shape index (κ3) is 2.11. The molecule has 94 valence electrons. The van der Waals surface area contributed by atoms with Crippen molar-refractivity contribution in [3.63, 3.8) is 0 Å². The van der Waals surface area contributed by atoms with Gasteiger partial charge in [-0.3, -0.25) is 4.98 Å². The largest absolute Gasteiger partial charge is 0.491 e. The Bertz CT molecular complexity index is 746. The quantitative estimate of drug-likeness (QED) is 0.671. The maximum Gasteiger partial charge on any atom is 0.182 e. The van der Waals surface area contributed by atoms with E-state index in [4.69, 9.17) is 16.3 Å². The smallest absolute Gasteiger partial charge is 0.182 e. The highest BCUT2D eigenvalue weighted by Gasteiger charge is 2.12. The van der Waals surface area contributed by atoms with Crippen molar-refractivity contribution in [3.05, 3.63) is 48.0 Å². The molecule has 0 N–H and O–H groups in total. The van der Waals surface area contributed by atoms with Crippen molar-refractivity contribution < 1.29 is 4.74 Å². The van der Waals surface area contributed by atoms with E-state index in [2.05, 4.69) is 15.0 Å². The van der Waals surface area contributed by atoms with E-state index in [9.17, 15) is 0 Å². The summed E-state index contributed by atoms with van der Waals surface area (Å²) in [6.45, 7) is 0. The second-order valence-electron chi connectivity index (χ2n) is 3.96. The van der Waals surface area contributed by atoms with Gasteiger partial charge >= 0.3 is 0 Å². The maximum atomic E-state index is 6.01. The Kier molecular flexibility index (Phi) is 3.01. The van der Waals surface area contributed by atoms with Crippen LogP contribution in [0.15, 0.2) is 42.9 Å². The summed E-state index contributed by atoms with van der Waals surface area (Å²) < 4.78 is 5.27. The highest BCUT2D eigenvalue weighted by molar-refractivity contribution is 6.31. The molecule has 0 saturated heterocycles. The molecule has 0 aliphatic heterocycles. The molecule has 0 aliphatic rings. The first-order valence-corrected chi connectivity index (χ1v) is 6.07. The molecule has 0 spiro atoms. The number of benzene rings is 1. The molecule has 5 heteroatoms. The molecule has 0 radical (unpaired) electrons. The van der Waals surface area contributed by atoms with Crippen LogP contribution in [-0.4, -0.2) is 22.1 Å². The van der Waals surface area contributed by atoms with Crippen LogP contribution >= 0.6 is 11.6 Å². The highest BCUT2D eigenvalue weighted by atomic mass is 35.5. The van der Waals surface area contributed by atoms with Crippen molar-refractivity contribution in [3.8, 4) is 17.0 Å². The van der Waals surface area contributed by atoms with Gasteiger partial charge in [0.15, 0.2) is 10.9 Å². The van der Waals surface area contributed by atoms with Crippen LogP contribution in [0.1, 0.15) is 0 Å². The molecule has 3 aromatic rings. The van der Waals surface area contributed by atoms with E-state index in [0.717, 1.165) is 16.5 Å². The summed E-state index contributed by atoms with van der Waals surface area (Å²) in [6, 6.07) is 9.83. The number of rotatable bonds is 2. The molecule has 0 saturated carbocycles. The number of ether oxygens (including phenoxy) is 1. The average Bonchev–Trinajstić information content (AvgIpc) is 2.46. The molecule has 2 heterocycles. The van der Waals surface area contributed by atoms with Crippen LogP contribution in [0.25, 0.3) is 22.2 Å². The molecular weight excluding hydrogens is 262 g/mol. The highest BCUT2D eigenvalue weighted by Crippen LogP contribution is 2.33. The van der Waals surface area contributed by atoms with Crippen molar-refractivity contribution in [1.82, 2.24) is 15.0 Å². The SMILES string of the molecule is COc1c(Cl)ncnc1-c1ccc2cccnc2c1. The van der Waals surface area contributed by atoms with Crippen molar-refractivity contribution in [2.75, 3.05) is 7.11 Å². The standard InChI is InChI=1S/C14H10ClN3O/c1-19-13-12(17-8-18-14(13)15)10-5-4-9-3-2-6-16-11(9)7-10/h2-8H,1H3.